The lowest BCUT2D eigenvalue weighted by atomic mass is 10.1. The van der Waals surface area contributed by atoms with Crippen molar-refractivity contribution in [3.63, 3.8) is 0 Å². The third-order valence-corrected chi connectivity index (χ3v) is 1.81. The molecule has 1 rings (SSSR count). The fourth-order valence-electron chi connectivity index (χ4n) is 1.07. The second-order valence-corrected chi connectivity index (χ2v) is 4.46. The van der Waals surface area contributed by atoms with Crippen molar-refractivity contribution < 1.29 is 4.79 Å². The van der Waals surface area contributed by atoms with Crippen LogP contribution in [0.2, 0.25) is 0 Å². The van der Waals surface area contributed by atoms with E-state index in [1.807, 2.05) is 51.1 Å². The first-order chi connectivity index (χ1) is 6.99. The maximum Gasteiger partial charge on any atom is 0.187 e. The molecule has 1 aromatic carbocycles. The van der Waals surface area contributed by atoms with Gasteiger partial charge in [-0.3, -0.25) is 4.79 Å². The molecule has 0 saturated heterocycles. The van der Waals surface area contributed by atoms with Crippen molar-refractivity contribution in [1.29, 1.82) is 0 Å². The molecule has 1 aromatic rings. The summed E-state index contributed by atoms with van der Waals surface area (Å²) in [5, 5.41) is 3.12. The molecule has 0 atom stereocenters. The third kappa shape index (κ3) is 4.45. The molecule has 2 heteroatoms. The lowest BCUT2D eigenvalue weighted by Crippen LogP contribution is -2.31. The number of rotatable bonds is 3. The summed E-state index contributed by atoms with van der Waals surface area (Å²) in [5.41, 5.74) is 0.706. The van der Waals surface area contributed by atoms with E-state index in [0.29, 0.717) is 5.56 Å². The summed E-state index contributed by atoms with van der Waals surface area (Å²) in [6, 6.07) is 9.23. The molecule has 0 aliphatic carbocycles. The van der Waals surface area contributed by atoms with Crippen molar-refractivity contribution >= 4 is 5.78 Å². The first-order valence-corrected chi connectivity index (χ1v) is 5.03. The number of carbonyl (C=O) groups excluding carboxylic acids is 1. The predicted molar refractivity (Wildman–Crippen MR) is 62.8 cm³/mol. The Morgan fingerprint density at radius 1 is 1.20 bits per heavy atom. The van der Waals surface area contributed by atoms with E-state index in [1.54, 1.807) is 12.3 Å². The first kappa shape index (κ1) is 11.5. The lowest BCUT2D eigenvalue weighted by Gasteiger charge is -2.18. The maximum atomic E-state index is 11.6. The molecule has 0 fully saturated rings. The molecule has 0 saturated carbocycles. The highest BCUT2D eigenvalue weighted by Crippen LogP contribution is 2.02. The fraction of sp³-hybridized carbons (Fsp3) is 0.308. The van der Waals surface area contributed by atoms with E-state index in [4.69, 9.17) is 0 Å². The molecule has 0 radical (unpaired) electrons. The van der Waals surface area contributed by atoms with E-state index in [2.05, 4.69) is 5.32 Å². The van der Waals surface area contributed by atoms with Crippen LogP contribution in [0.1, 0.15) is 31.1 Å². The van der Waals surface area contributed by atoms with Crippen molar-refractivity contribution in [3.05, 3.63) is 48.2 Å². The van der Waals surface area contributed by atoms with Gasteiger partial charge in [0.25, 0.3) is 0 Å². The Hall–Kier alpha value is -1.57. The van der Waals surface area contributed by atoms with Crippen molar-refractivity contribution in [1.82, 2.24) is 5.32 Å². The van der Waals surface area contributed by atoms with Gasteiger partial charge >= 0.3 is 0 Å². The van der Waals surface area contributed by atoms with Crippen LogP contribution in [-0.2, 0) is 0 Å². The summed E-state index contributed by atoms with van der Waals surface area (Å²) >= 11 is 0. The van der Waals surface area contributed by atoms with E-state index in [-0.39, 0.29) is 11.3 Å². The Morgan fingerprint density at radius 2 is 1.80 bits per heavy atom. The van der Waals surface area contributed by atoms with Crippen LogP contribution in [0.15, 0.2) is 42.6 Å². The number of nitrogens with one attached hydrogen (secondary N) is 1. The second kappa shape index (κ2) is 4.78. The highest BCUT2D eigenvalue weighted by atomic mass is 16.1. The summed E-state index contributed by atoms with van der Waals surface area (Å²) < 4.78 is 0. The smallest absolute Gasteiger partial charge is 0.187 e. The largest absolute Gasteiger partial charge is 0.386 e. The molecule has 0 aliphatic heterocycles. The first-order valence-electron chi connectivity index (χ1n) is 5.03. The second-order valence-electron chi connectivity index (χ2n) is 4.46. The van der Waals surface area contributed by atoms with Gasteiger partial charge in [-0.2, -0.15) is 0 Å². The molecule has 80 valence electrons. The van der Waals surface area contributed by atoms with Crippen LogP contribution >= 0.6 is 0 Å². The monoisotopic (exact) mass is 203 g/mol. The van der Waals surface area contributed by atoms with E-state index in [1.165, 1.54) is 0 Å². The summed E-state index contributed by atoms with van der Waals surface area (Å²) in [6.07, 6.45) is 3.26. The molecule has 1 N–H and O–H groups in total. The Morgan fingerprint density at radius 3 is 2.33 bits per heavy atom. The van der Waals surface area contributed by atoms with Gasteiger partial charge in [-0.1, -0.05) is 30.3 Å². The Labute approximate surface area is 91.0 Å². The number of hydrogen-bond donors (Lipinski definition) is 1. The van der Waals surface area contributed by atoms with Crippen LogP contribution in [0.25, 0.3) is 0 Å². The predicted octanol–water partition coefficient (Wildman–Crippen LogP) is 2.77. The number of carbonyl (C=O) groups is 1. The highest BCUT2D eigenvalue weighted by Gasteiger charge is 2.05. The van der Waals surface area contributed by atoms with Crippen LogP contribution in [0.4, 0.5) is 0 Å². The lowest BCUT2D eigenvalue weighted by molar-refractivity contribution is 0.104. The Bertz CT molecular complexity index is 347. The zero-order chi connectivity index (χ0) is 11.3. The standard InChI is InChI=1S/C13H17NO/c1-13(2,3)14-10-9-12(15)11-7-5-4-6-8-11/h4-10,14H,1-3H3. The van der Waals surface area contributed by atoms with E-state index in [0.717, 1.165) is 0 Å². The summed E-state index contributed by atoms with van der Waals surface area (Å²) in [5.74, 6) is 0.0207. The van der Waals surface area contributed by atoms with Crippen molar-refractivity contribution in [2.75, 3.05) is 0 Å². The van der Waals surface area contributed by atoms with Crippen LogP contribution in [0, 0.1) is 0 Å². The molecule has 0 aromatic heterocycles. The topological polar surface area (TPSA) is 29.1 Å². The minimum atomic E-state index is -0.00648. The molecule has 0 aliphatic rings. The number of allylic oxidation sites excluding steroid dienone is 1. The van der Waals surface area contributed by atoms with Crippen molar-refractivity contribution in [2.45, 2.75) is 26.3 Å². The number of ketones is 1. The summed E-state index contributed by atoms with van der Waals surface area (Å²) in [7, 11) is 0. The molecule has 2 nitrogen and oxygen atoms in total. The number of hydrogen-bond acceptors (Lipinski definition) is 2. The summed E-state index contributed by atoms with van der Waals surface area (Å²) in [6.45, 7) is 6.14. The number of benzene rings is 1. The highest BCUT2D eigenvalue weighted by molar-refractivity contribution is 6.04. The molecule has 0 unspecified atom stereocenters. The van der Waals surface area contributed by atoms with Gasteiger partial charge in [-0.05, 0) is 20.8 Å². The van der Waals surface area contributed by atoms with E-state index >= 15 is 0 Å². The van der Waals surface area contributed by atoms with Crippen molar-refractivity contribution in [3.8, 4) is 0 Å². The molecule has 0 heterocycles. The van der Waals surface area contributed by atoms with Gasteiger partial charge < -0.3 is 5.32 Å². The molecular weight excluding hydrogens is 186 g/mol. The minimum absolute atomic E-state index is 0.00648. The van der Waals surface area contributed by atoms with Gasteiger partial charge in [-0.25, -0.2) is 0 Å². The minimum Gasteiger partial charge on any atom is -0.386 e. The quantitative estimate of drug-likeness (QED) is 0.604. The Balaban J connectivity index is 2.57. The van der Waals surface area contributed by atoms with E-state index < -0.39 is 0 Å². The average molecular weight is 203 g/mol. The third-order valence-electron chi connectivity index (χ3n) is 1.81. The van der Waals surface area contributed by atoms with Gasteiger partial charge in [0.1, 0.15) is 0 Å². The zero-order valence-corrected chi connectivity index (χ0v) is 9.45. The molecule has 0 amide bonds. The molecule has 0 spiro atoms. The summed E-state index contributed by atoms with van der Waals surface area (Å²) in [4.78, 5) is 11.6. The maximum absolute atomic E-state index is 11.6. The van der Waals surface area contributed by atoms with Crippen LogP contribution in [0.5, 0.6) is 0 Å². The van der Waals surface area contributed by atoms with Crippen molar-refractivity contribution in [2.24, 2.45) is 0 Å². The molecular formula is C13H17NO. The average Bonchev–Trinajstić information content (AvgIpc) is 2.17. The fourth-order valence-corrected chi connectivity index (χ4v) is 1.07. The van der Waals surface area contributed by atoms with Gasteiger partial charge in [0.05, 0.1) is 0 Å². The van der Waals surface area contributed by atoms with Crippen LogP contribution in [0.3, 0.4) is 0 Å². The van der Waals surface area contributed by atoms with Crippen LogP contribution < -0.4 is 5.32 Å². The normalized spacial score (nSPS) is 11.7. The van der Waals surface area contributed by atoms with E-state index in [9.17, 15) is 4.79 Å². The van der Waals surface area contributed by atoms with Gasteiger partial charge in [0, 0.05) is 23.4 Å². The Kier molecular flexibility index (Phi) is 3.67. The SMILES string of the molecule is CC(C)(C)NC=CC(=O)c1ccccc1. The van der Waals surface area contributed by atoms with Crippen LogP contribution in [-0.4, -0.2) is 11.3 Å². The van der Waals surface area contributed by atoms with Gasteiger partial charge in [0.15, 0.2) is 5.78 Å². The zero-order valence-electron chi connectivity index (χ0n) is 9.45. The molecule has 15 heavy (non-hydrogen) atoms. The van der Waals surface area contributed by atoms with Gasteiger partial charge in [-0.15, -0.1) is 0 Å². The molecule has 0 bridgehead atoms. The van der Waals surface area contributed by atoms with Gasteiger partial charge in [0.2, 0.25) is 0 Å².